The van der Waals surface area contributed by atoms with Crippen molar-refractivity contribution in [2.45, 2.75) is 41.7 Å². The number of benzene rings is 1. The first-order valence-corrected chi connectivity index (χ1v) is 8.27. The second-order valence-corrected chi connectivity index (χ2v) is 6.73. The first-order chi connectivity index (χ1) is 16.5. The minimum atomic E-state index is -8.82. The van der Waals surface area contributed by atoms with Crippen LogP contribution in [0.2, 0.25) is 0 Å². The van der Waals surface area contributed by atoms with Crippen LogP contribution in [0.3, 0.4) is 0 Å². The lowest BCUT2D eigenvalue weighted by atomic mass is 9.91. The topological polar surface area (TPSA) is 61.3 Å². The van der Waals surface area contributed by atoms with Gasteiger partial charge < -0.3 is 16.2 Å². The van der Waals surface area contributed by atoms with E-state index in [0.29, 0.717) is 0 Å². The maximum absolute atomic E-state index is 13.6. The third kappa shape index (κ3) is 4.25. The lowest BCUT2D eigenvalue weighted by molar-refractivity contribution is -0.451. The van der Waals surface area contributed by atoms with E-state index in [9.17, 15) is 87.8 Å². The highest BCUT2D eigenvalue weighted by atomic mass is 19.4. The van der Waals surface area contributed by atoms with Gasteiger partial charge in [-0.3, -0.25) is 0 Å². The third-order valence-electron chi connectivity index (χ3n) is 4.31. The molecule has 0 amide bonds. The SMILES string of the molecule is Nc1c(F)c(N)c(F)c(OC(F)=C(F)C(F)(F)C(F)(F)C(F)(F)C(F)(F)C(F)(F)C(F)(F)C(F)(F)F)c1F. The summed E-state index contributed by atoms with van der Waals surface area (Å²) < 4.78 is 267. The fourth-order valence-corrected chi connectivity index (χ4v) is 2.13. The molecule has 0 radical (unpaired) electrons. The van der Waals surface area contributed by atoms with E-state index in [-0.39, 0.29) is 0 Å². The number of anilines is 2. The van der Waals surface area contributed by atoms with Crippen LogP contribution in [0.15, 0.2) is 11.8 Å². The Bertz CT molecular complexity index is 1090. The van der Waals surface area contributed by atoms with Crippen LogP contribution < -0.4 is 16.2 Å². The Morgan fingerprint density at radius 2 is 0.816 bits per heavy atom. The summed E-state index contributed by atoms with van der Waals surface area (Å²) in [6.07, 6.45) is -7.90. The monoisotopic (exact) mass is 608 g/mol. The zero-order chi connectivity index (χ0) is 30.8. The van der Waals surface area contributed by atoms with E-state index in [0.717, 1.165) is 0 Å². The van der Waals surface area contributed by atoms with Crippen LogP contribution >= 0.6 is 0 Å². The van der Waals surface area contributed by atoms with Gasteiger partial charge in [0.15, 0.2) is 17.5 Å². The van der Waals surface area contributed by atoms with E-state index in [4.69, 9.17) is 0 Å². The molecule has 0 heterocycles. The lowest BCUT2D eigenvalue weighted by Gasteiger charge is -2.41. The number of hydrogen-bond donors (Lipinski definition) is 2. The molecule has 4 N–H and O–H groups in total. The first kappa shape index (κ1) is 33.0. The van der Waals surface area contributed by atoms with Gasteiger partial charge >= 0.3 is 47.7 Å². The van der Waals surface area contributed by atoms with Gasteiger partial charge in [-0.2, -0.15) is 74.6 Å². The van der Waals surface area contributed by atoms with Gasteiger partial charge in [-0.05, 0) is 0 Å². The van der Waals surface area contributed by atoms with Crippen LogP contribution in [0.1, 0.15) is 0 Å². The third-order valence-corrected chi connectivity index (χ3v) is 4.31. The van der Waals surface area contributed by atoms with Crippen molar-refractivity contribution in [2.75, 3.05) is 11.5 Å². The molecule has 0 aliphatic rings. The van der Waals surface area contributed by atoms with Gasteiger partial charge in [0, 0.05) is 0 Å². The smallest absolute Gasteiger partial charge is 0.423 e. The summed E-state index contributed by atoms with van der Waals surface area (Å²) in [6.45, 7) is 0. The minimum absolute atomic E-state index is 1.96. The molecule has 23 heteroatoms. The Hall–Kier alpha value is -3.04. The van der Waals surface area contributed by atoms with Crippen LogP contribution in [0.4, 0.5) is 99.2 Å². The molecule has 0 saturated carbocycles. The molecular weight excluding hydrogens is 604 g/mol. The van der Waals surface area contributed by atoms with E-state index >= 15 is 0 Å². The summed E-state index contributed by atoms with van der Waals surface area (Å²) in [5.74, 6) is -66.2. The molecule has 0 aliphatic heterocycles. The van der Waals surface area contributed by atoms with Crippen molar-refractivity contribution < 1.29 is 92.5 Å². The van der Waals surface area contributed by atoms with Crippen LogP contribution in [-0.2, 0) is 0 Å². The number of rotatable bonds is 8. The van der Waals surface area contributed by atoms with Crippen molar-refractivity contribution in [3.63, 3.8) is 0 Å². The summed E-state index contributed by atoms with van der Waals surface area (Å²) in [5, 5.41) is 0. The molecular formula is C15H4F20N2O. The van der Waals surface area contributed by atoms with Crippen LogP contribution in [0.5, 0.6) is 5.75 Å². The van der Waals surface area contributed by atoms with E-state index in [1.165, 1.54) is 0 Å². The lowest BCUT2D eigenvalue weighted by Crippen LogP contribution is -2.72. The fraction of sp³-hybridized carbons (Fsp3) is 0.467. The highest BCUT2D eigenvalue weighted by Crippen LogP contribution is 2.63. The standard InChI is InChI=1S/C15H4F20N2O/c16-1-4(36)2(17)6(3(18)5(1)37)38-8(20)7(19)9(21,22)10(23,24)11(25,26)12(27,28)13(29,30)14(31,32)15(33,34)35/h36-37H2. The molecule has 0 atom stereocenters. The molecule has 0 bridgehead atoms. The van der Waals surface area contributed by atoms with Crippen LogP contribution in [-0.4, -0.2) is 41.7 Å². The number of hydrogen-bond acceptors (Lipinski definition) is 3. The molecule has 0 fully saturated rings. The maximum atomic E-state index is 13.6. The van der Waals surface area contributed by atoms with Crippen molar-refractivity contribution in [3.8, 4) is 5.75 Å². The van der Waals surface area contributed by atoms with Crippen LogP contribution in [0.25, 0.3) is 0 Å². The van der Waals surface area contributed by atoms with Crippen molar-refractivity contribution in [3.05, 3.63) is 29.3 Å². The van der Waals surface area contributed by atoms with Gasteiger partial charge in [0.1, 0.15) is 11.4 Å². The van der Waals surface area contributed by atoms with Gasteiger partial charge in [0.2, 0.25) is 11.6 Å². The Morgan fingerprint density at radius 3 is 1.16 bits per heavy atom. The summed E-state index contributed by atoms with van der Waals surface area (Å²) >= 11 is 0. The summed E-state index contributed by atoms with van der Waals surface area (Å²) in [7, 11) is 0. The Labute approximate surface area is 193 Å². The molecule has 3 nitrogen and oxygen atoms in total. The molecule has 1 rings (SSSR count). The molecule has 0 aromatic heterocycles. The van der Waals surface area contributed by atoms with E-state index < -0.39 is 88.1 Å². The zero-order valence-electron chi connectivity index (χ0n) is 16.6. The predicted octanol–water partition coefficient (Wildman–Crippen LogP) is 7.13. The van der Waals surface area contributed by atoms with Crippen molar-refractivity contribution in [1.29, 1.82) is 0 Å². The van der Waals surface area contributed by atoms with Gasteiger partial charge in [-0.25, -0.2) is 13.2 Å². The fourth-order valence-electron chi connectivity index (χ4n) is 2.13. The van der Waals surface area contributed by atoms with Gasteiger partial charge in [0.25, 0.3) is 0 Å². The van der Waals surface area contributed by atoms with Crippen molar-refractivity contribution in [2.24, 2.45) is 0 Å². The maximum Gasteiger partial charge on any atom is 0.460 e. The van der Waals surface area contributed by atoms with Crippen molar-refractivity contribution in [1.82, 2.24) is 0 Å². The summed E-state index contributed by atoms with van der Waals surface area (Å²) in [6, 6.07) is -4.18. The van der Waals surface area contributed by atoms with Crippen LogP contribution in [0, 0.1) is 17.5 Å². The Morgan fingerprint density at radius 1 is 0.500 bits per heavy atom. The average Bonchev–Trinajstić information content (AvgIpc) is 2.76. The minimum Gasteiger partial charge on any atom is -0.423 e. The Balaban J connectivity index is 3.74. The number of allylic oxidation sites excluding steroid dienone is 1. The number of alkyl halides is 15. The van der Waals surface area contributed by atoms with Gasteiger partial charge in [0.05, 0.1) is 0 Å². The molecule has 0 aliphatic carbocycles. The van der Waals surface area contributed by atoms with Crippen molar-refractivity contribution >= 4 is 11.4 Å². The highest BCUT2D eigenvalue weighted by molar-refractivity contribution is 5.61. The quantitative estimate of drug-likeness (QED) is 0.188. The number of halogens is 20. The van der Waals surface area contributed by atoms with Gasteiger partial charge in [-0.15, -0.1) is 0 Å². The highest BCUT2D eigenvalue weighted by Gasteiger charge is 2.93. The van der Waals surface area contributed by atoms with E-state index in [2.05, 4.69) is 16.2 Å². The largest absolute Gasteiger partial charge is 0.460 e. The normalized spacial score (nSPS) is 15.5. The zero-order valence-corrected chi connectivity index (χ0v) is 16.6. The number of nitrogen functional groups attached to an aromatic ring is 2. The number of ether oxygens (including phenoxy) is 1. The molecule has 1 aromatic rings. The predicted molar refractivity (Wildman–Crippen MR) is 80.7 cm³/mol. The molecule has 0 unspecified atom stereocenters. The first-order valence-electron chi connectivity index (χ1n) is 8.27. The van der Waals surface area contributed by atoms with E-state index in [1.807, 2.05) is 0 Å². The van der Waals surface area contributed by atoms with E-state index in [1.54, 1.807) is 0 Å². The molecule has 0 spiro atoms. The number of nitrogens with two attached hydrogens (primary N) is 2. The second kappa shape index (κ2) is 9.02. The van der Waals surface area contributed by atoms with Gasteiger partial charge in [-0.1, -0.05) is 0 Å². The molecule has 220 valence electrons. The molecule has 0 saturated heterocycles. The second-order valence-electron chi connectivity index (χ2n) is 6.73. The summed E-state index contributed by atoms with van der Waals surface area (Å²) in [4.78, 5) is 0. The molecule has 1 aromatic carbocycles. The summed E-state index contributed by atoms with van der Waals surface area (Å²) in [5.41, 5.74) is 5.29. The average molecular weight is 608 g/mol. The molecule has 38 heavy (non-hydrogen) atoms. The Kier molecular flexibility index (Phi) is 7.83.